The predicted molar refractivity (Wildman–Crippen MR) is 79.5 cm³/mol. The van der Waals surface area contributed by atoms with Crippen molar-refractivity contribution in [3.63, 3.8) is 0 Å². The van der Waals surface area contributed by atoms with Gasteiger partial charge in [-0.15, -0.1) is 0 Å². The van der Waals surface area contributed by atoms with Crippen molar-refractivity contribution >= 4 is 5.91 Å². The lowest BCUT2D eigenvalue weighted by molar-refractivity contribution is 0.0852. The third kappa shape index (κ3) is 3.45. The molecule has 0 bridgehead atoms. The van der Waals surface area contributed by atoms with Crippen LogP contribution in [-0.4, -0.2) is 17.1 Å². The molecule has 3 heteroatoms. The van der Waals surface area contributed by atoms with Crippen molar-refractivity contribution in [3.8, 4) is 0 Å². The molecule has 0 aliphatic carbocycles. The van der Waals surface area contributed by atoms with Crippen LogP contribution in [0.2, 0.25) is 0 Å². The molecule has 0 radical (unpaired) electrons. The monoisotopic (exact) mass is 269 g/mol. The van der Waals surface area contributed by atoms with Crippen molar-refractivity contribution < 1.29 is 9.90 Å². The second-order valence-electron chi connectivity index (χ2n) is 4.99. The minimum Gasteiger partial charge on any atom is -0.386 e. The van der Waals surface area contributed by atoms with Gasteiger partial charge < -0.3 is 10.4 Å². The Morgan fingerprint density at radius 2 is 1.80 bits per heavy atom. The minimum atomic E-state index is -0.718. The first-order valence-electron chi connectivity index (χ1n) is 6.68. The highest BCUT2D eigenvalue weighted by atomic mass is 16.3. The molecule has 2 atom stereocenters. The van der Waals surface area contributed by atoms with E-state index < -0.39 is 6.10 Å². The zero-order valence-electron chi connectivity index (χ0n) is 11.7. The first-order valence-corrected chi connectivity index (χ1v) is 6.68. The zero-order valence-corrected chi connectivity index (χ0v) is 11.7. The molecule has 2 aromatic carbocycles. The van der Waals surface area contributed by atoms with Crippen molar-refractivity contribution in [2.45, 2.75) is 26.0 Å². The summed E-state index contributed by atoms with van der Waals surface area (Å²) >= 11 is 0. The number of aliphatic hydroxyl groups excluding tert-OH is 1. The second kappa shape index (κ2) is 6.35. The number of aryl methyl sites for hydroxylation is 1. The fraction of sp³-hybridized carbons (Fsp3) is 0.235. The number of rotatable bonds is 4. The molecule has 1 amide bonds. The Labute approximate surface area is 119 Å². The lowest BCUT2D eigenvalue weighted by atomic mass is 10.0. The van der Waals surface area contributed by atoms with E-state index in [0.29, 0.717) is 5.56 Å². The van der Waals surface area contributed by atoms with Crippen molar-refractivity contribution in [1.29, 1.82) is 0 Å². The SMILES string of the molecule is Cc1cccc(C(=O)N[C@H](C)[C@@H](O)c2ccccc2)c1. The van der Waals surface area contributed by atoms with Gasteiger partial charge in [0.05, 0.1) is 12.1 Å². The Morgan fingerprint density at radius 3 is 2.45 bits per heavy atom. The smallest absolute Gasteiger partial charge is 0.251 e. The highest BCUT2D eigenvalue weighted by molar-refractivity contribution is 5.94. The van der Waals surface area contributed by atoms with E-state index in [2.05, 4.69) is 5.32 Å². The molecule has 2 aromatic rings. The minimum absolute atomic E-state index is 0.170. The summed E-state index contributed by atoms with van der Waals surface area (Å²) in [4.78, 5) is 12.1. The van der Waals surface area contributed by atoms with Crippen LogP contribution >= 0.6 is 0 Å². The van der Waals surface area contributed by atoms with E-state index in [0.717, 1.165) is 11.1 Å². The molecule has 3 nitrogen and oxygen atoms in total. The van der Waals surface area contributed by atoms with Crippen LogP contribution in [0.5, 0.6) is 0 Å². The number of nitrogens with one attached hydrogen (secondary N) is 1. The third-order valence-corrected chi connectivity index (χ3v) is 3.25. The van der Waals surface area contributed by atoms with Gasteiger partial charge in [-0.25, -0.2) is 0 Å². The molecular formula is C17H19NO2. The molecule has 0 heterocycles. The van der Waals surface area contributed by atoms with Crippen LogP contribution in [0.25, 0.3) is 0 Å². The molecule has 2 N–H and O–H groups in total. The largest absolute Gasteiger partial charge is 0.386 e. The molecule has 0 aliphatic heterocycles. The van der Waals surface area contributed by atoms with Crippen LogP contribution in [0.15, 0.2) is 54.6 Å². The van der Waals surface area contributed by atoms with Gasteiger partial charge in [0, 0.05) is 5.56 Å². The van der Waals surface area contributed by atoms with E-state index in [4.69, 9.17) is 0 Å². The van der Waals surface area contributed by atoms with Crippen LogP contribution in [0.4, 0.5) is 0 Å². The van der Waals surface area contributed by atoms with E-state index >= 15 is 0 Å². The van der Waals surface area contributed by atoms with Gasteiger partial charge in [0.25, 0.3) is 5.91 Å². The fourth-order valence-electron chi connectivity index (χ4n) is 2.09. The first kappa shape index (κ1) is 14.3. The van der Waals surface area contributed by atoms with Crippen LogP contribution in [0.3, 0.4) is 0 Å². The number of hydrogen-bond acceptors (Lipinski definition) is 2. The lowest BCUT2D eigenvalue weighted by Crippen LogP contribution is -2.37. The maximum absolute atomic E-state index is 12.1. The van der Waals surface area contributed by atoms with Crippen molar-refractivity contribution in [3.05, 3.63) is 71.3 Å². The second-order valence-corrected chi connectivity index (χ2v) is 4.99. The molecular weight excluding hydrogens is 250 g/mol. The molecule has 104 valence electrons. The van der Waals surface area contributed by atoms with Gasteiger partial charge in [0.2, 0.25) is 0 Å². The molecule has 0 aromatic heterocycles. The maximum Gasteiger partial charge on any atom is 0.251 e. The first-order chi connectivity index (χ1) is 9.58. The van der Waals surface area contributed by atoms with E-state index in [9.17, 15) is 9.90 Å². The topological polar surface area (TPSA) is 49.3 Å². The quantitative estimate of drug-likeness (QED) is 0.896. The Balaban J connectivity index is 2.04. The Hall–Kier alpha value is -2.13. The van der Waals surface area contributed by atoms with Gasteiger partial charge in [-0.05, 0) is 31.5 Å². The predicted octanol–water partition coefficient (Wildman–Crippen LogP) is 2.85. The normalized spacial score (nSPS) is 13.6. The summed E-state index contributed by atoms with van der Waals surface area (Å²) < 4.78 is 0. The summed E-state index contributed by atoms with van der Waals surface area (Å²) in [5, 5.41) is 13.1. The number of aliphatic hydroxyl groups is 1. The molecule has 0 saturated carbocycles. The maximum atomic E-state index is 12.1. The summed E-state index contributed by atoms with van der Waals surface area (Å²) in [5.74, 6) is -0.170. The van der Waals surface area contributed by atoms with Crippen LogP contribution in [-0.2, 0) is 0 Å². The summed E-state index contributed by atoms with van der Waals surface area (Å²) in [6, 6.07) is 16.4. The van der Waals surface area contributed by atoms with Crippen molar-refractivity contribution in [1.82, 2.24) is 5.32 Å². The van der Waals surface area contributed by atoms with Crippen LogP contribution in [0, 0.1) is 6.92 Å². The van der Waals surface area contributed by atoms with Gasteiger partial charge in [-0.2, -0.15) is 0 Å². The molecule has 0 fully saturated rings. The number of carbonyl (C=O) groups is 1. The lowest BCUT2D eigenvalue weighted by Gasteiger charge is -2.20. The Kier molecular flexibility index (Phi) is 4.53. The van der Waals surface area contributed by atoms with Crippen molar-refractivity contribution in [2.24, 2.45) is 0 Å². The molecule has 0 unspecified atom stereocenters. The number of benzene rings is 2. The van der Waals surface area contributed by atoms with Crippen LogP contribution < -0.4 is 5.32 Å². The van der Waals surface area contributed by atoms with Gasteiger partial charge in [-0.1, -0.05) is 48.0 Å². The van der Waals surface area contributed by atoms with Gasteiger partial charge in [0.15, 0.2) is 0 Å². The van der Waals surface area contributed by atoms with E-state index in [1.54, 1.807) is 13.0 Å². The Bertz CT molecular complexity index is 581. The van der Waals surface area contributed by atoms with Gasteiger partial charge in [-0.3, -0.25) is 4.79 Å². The zero-order chi connectivity index (χ0) is 14.5. The van der Waals surface area contributed by atoms with E-state index in [1.807, 2.05) is 55.5 Å². The summed E-state index contributed by atoms with van der Waals surface area (Å²) in [7, 11) is 0. The molecule has 0 spiro atoms. The van der Waals surface area contributed by atoms with Gasteiger partial charge >= 0.3 is 0 Å². The molecule has 2 rings (SSSR count). The van der Waals surface area contributed by atoms with Crippen molar-refractivity contribution in [2.75, 3.05) is 0 Å². The molecule has 20 heavy (non-hydrogen) atoms. The standard InChI is InChI=1S/C17H19NO2/c1-12-7-6-10-15(11-12)17(20)18-13(2)16(19)14-8-4-3-5-9-14/h3-11,13,16,19H,1-2H3,(H,18,20)/t13-,16-/m1/s1. The fourth-order valence-corrected chi connectivity index (χ4v) is 2.09. The number of amides is 1. The highest BCUT2D eigenvalue weighted by Crippen LogP contribution is 2.16. The highest BCUT2D eigenvalue weighted by Gasteiger charge is 2.18. The summed E-state index contributed by atoms with van der Waals surface area (Å²) in [6.45, 7) is 3.74. The van der Waals surface area contributed by atoms with Crippen LogP contribution in [0.1, 0.15) is 34.5 Å². The Morgan fingerprint density at radius 1 is 1.10 bits per heavy atom. The third-order valence-electron chi connectivity index (χ3n) is 3.25. The summed E-state index contributed by atoms with van der Waals surface area (Å²) in [5.41, 5.74) is 2.44. The summed E-state index contributed by atoms with van der Waals surface area (Å²) in [6.07, 6.45) is -0.718. The average molecular weight is 269 g/mol. The number of hydrogen-bond donors (Lipinski definition) is 2. The molecule has 0 aliphatic rings. The molecule has 0 saturated heterocycles. The van der Waals surface area contributed by atoms with E-state index in [1.165, 1.54) is 0 Å². The average Bonchev–Trinajstić information content (AvgIpc) is 2.47. The van der Waals surface area contributed by atoms with Gasteiger partial charge in [0.1, 0.15) is 0 Å². The van der Waals surface area contributed by atoms with E-state index in [-0.39, 0.29) is 11.9 Å². The number of carbonyl (C=O) groups excluding carboxylic acids is 1.